The zero-order valence-electron chi connectivity index (χ0n) is 9.37. The summed E-state index contributed by atoms with van der Waals surface area (Å²) in [5.74, 6) is 2.34. The molecule has 2 aliphatic rings. The third-order valence-corrected chi connectivity index (χ3v) is 4.73. The summed E-state index contributed by atoms with van der Waals surface area (Å²) in [5.41, 5.74) is -0.102. The van der Waals surface area contributed by atoms with Gasteiger partial charge in [-0.3, -0.25) is 4.90 Å². The van der Waals surface area contributed by atoms with Crippen LogP contribution in [0.5, 0.6) is 0 Å². The van der Waals surface area contributed by atoms with Gasteiger partial charge in [0.25, 0.3) is 0 Å². The van der Waals surface area contributed by atoms with Crippen molar-refractivity contribution >= 4 is 11.8 Å². The molecule has 0 amide bonds. The number of nitriles is 1. The van der Waals surface area contributed by atoms with Crippen molar-refractivity contribution in [1.29, 1.82) is 5.26 Å². The van der Waals surface area contributed by atoms with Gasteiger partial charge in [-0.25, -0.2) is 0 Å². The largest absolute Gasteiger partial charge is 0.285 e. The van der Waals surface area contributed by atoms with Gasteiger partial charge in [0.05, 0.1) is 6.07 Å². The summed E-state index contributed by atoms with van der Waals surface area (Å²) in [6.45, 7) is 2.30. The standard InChI is InChI=1S/C12H20N2S/c13-11-12(5-9-15-10-6-12)14-7-3-1-2-4-8-14/h1-10H2. The fraction of sp³-hybridized carbons (Fsp3) is 0.917. The molecule has 0 radical (unpaired) electrons. The van der Waals surface area contributed by atoms with E-state index in [-0.39, 0.29) is 5.54 Å². The van der Waals surface area contributed by atoms with Crippen LogP contribution in [0.25, 0.3) is 0 Å². The predicted octanol–water partition coefficient (Wildman–Crippen LogP) is 2.65. The van der Waals surface area contributed by atoms with Crippen molar-refractivity contribution in [3.05, 3.63) is 0 Å². The van der Waals surface area contributed by atoms with Crippen LogP contribution in [0.4, 0.5) is 0 Å². The Bertz CT molecular complexity index is 232. The minimum Gasteiger partial charge on any atom is -0.285 e. The van der Waals surface area contributed by atoms with Crippen LogP contribution < -0.4 is 0 Å². The van der Waals surface area contributed by atoms with Crippen LogP contribution in [-0.2, 0) is 0 Å². The lowest BCUT2D eigenvalue weighted by atomic mass is 9.91. The van der Waals surface area contributed by atoms with E-state index in [1.165, 1.54) is 37.2 Å². The molecule has 2 saturated heterocycles. The van der Waals surface area contributed by atoms with Gasteiger partial charge in [0, 0.05) is 0 Å². The lowest BCUT2D eigenvalue weighted by molar-refractivity contribution is 0.132. The fourth-order valence-corrected chi connectivity index (χ4v) is 3.87. The zero-order chi connectivity index (χ0) is 10.6. The first-order chi connectivity index (χ1) is 7.37. The van der Waals surface area contributed by atoms with E-state index in [1.54, 1.807) is 0 Å². The molecule has 2 heterocycles. The van der Waals surface area contributed by atoms with E-state index in [1.807, 2.05) is 11.8 Å². The topological polar surface area (TPSA) is 27.0 Å². The highest BCUT2D eigenvalue weighted by Gasteiger charge is 2.38. The summed E-state index contributed by atoms with van der Waals surface area (Å²) in [5, 5.41) is 9.48. The van der Waals surface area contributed by atoms with Gasteiger partial charge in [0.1, 0.15) is 5.54 Å². The van der Waals surface area contributed by atoms with Gasteiger partial charge in [-0.1, -0.05) is 12.8 Å². The second-order valence-corrected chi connectivity index (χ2v) is 5.88. The van der Waals surface area contributed by atoms with Crippen molar-refractivity contribution in [3.63, 3.8) is 0 Å². The summed E-state index contributed by atoms with van der Waals surface area (Å²) in [4.78, 5) is 2.49. The van der Waals surface area contributed by atoms with E-state index in [4.69, 9.17) is 0 Å². The first kappa shape index (κ1) is 11.3. The van der Waals surface area contributed by atoms with Gasteiger partial charge >= 0.3 is 0 Å². The molecule has 0 aliphatic carbocycles. The van der Waals surface area contributed by atoms with Gasteiger partial charge in [0.15, 0.2) is 0 Å². The molecular formula is C12H20N2S. The molecule has 0 unspecified atom stereocenters. The molecule has 2 nitrogen and oxygen atoms in total. The molecule has 0 aromatic carbocycles. The maximum Gasteiger partial charge on any atom is 0.110 e. The smallest absolute Gasteiger partial charge is 0.110 e. The Morgan fingerprint density at radius 2 is 1.60 bits per heavy atom. The van der Waals surface area contributed by atoms with E-state index in [2.05, 4.69) is 11.0 Å². The van der Waals surface area contributed by atoms with Gasteiger partial charge in [0.2, 0.25) is 0 Å². The minimum absolute atomic E-state index is 0.102. The lowest BCUT2D eigenvalue weighted by Gasteiger charge is -2.40. The van der Waals surface area contributed by atoms with Crippen LogP contribution in [0.3, 0.4) is 0 Å². The Morgan fingerprint density at radius 3 is 2.13 bits per heavy atom. The van der Waals surface area contributed by atoms with Gasteiger partial charge in [-0.15, -0.1) is 0 Å². The third-order valence-electron chi connectivity index (χ3n) is 3.74. The number of thioether (sulfide) groups is 1. The molecule has 3 heteroatoms. The van der Waals surface area contributed by atoms with Crippen molar-refractivity contribution in [2.45, 2.75) is 44.1 Å². The van der Waals surface area contributed by atoms with Gasteiger partial charge in [-0.2, -0.15) is 17.0 Å². The highest BCUT2D eigenvalue weighted by molar-refractivity contribution is 7.99. The molecule has 2 fully saturated rings. The Kier molecular flexibility index (Phi) is 3.93. The molecule has 0 N–H and O–H groups in total. The number of likely N-dealkylation sites (tertiary alicyclic amines) is 1. The second-order valence-electron chi connectivity index (χ2n) is 4.66. The SMILES string of the molecule is N#CC1(N2CCCCCC2)CCSCC1. The molecular weight excluding hydrogens is 204 g/mol. The number of hydrogen-bond acceptors (Lipinski definition) is 3. The molecule has 0 aromatic rings. The van der Waals surface area contributed by atoms with Crippen molar-refractivity contribution in [3.8, 4) is 6.07 Å². The van der Waals surface area contributed by atoms with Crippen LogP contribution in [0.2, 0.25) is 0 Å². The molecule has 0 saturated carbocycles. The van der Waals surface area contributed by atoms with Crippen molar-refractivity contribution in [2.24, 2.45) is 0 Å². The van der Waals surface area contributed by atoms with Crippen LogP contribution in [0, 0.1) is 11.3 Å². The zero-order valence-corrected chi connectivity index (χ0v) is 10.2. The quantitative estimate of drug-likeness (QED) is 0.685. The second kappa shape index (κ2) is 5.23. The number of nitrogens with zero attached hydrogens (tertiary/aromatic N) is 2. The van der Waals surface area contributed by atoms with E-state index >= 15 is 0 Å². The lowest BCUT2D eigenvalue weighted by Crippen LogP contribution is -2.50. The number of hydrogen-bond donors (Lipinski definition) is 0. The molecule has 2 rings (SSSR count). The Hall–Kier alpha value is -0.200. The highest BCUT2D eigenvalue weighted by Crippen LogP contribution is 2.33. The highest BCUT2D eigenvalue weighted by atomic mass is 32.2. The van der Waals surface area contributed by atoms with Crippen LogP contribution in [-0.4, -0.2) is 35.0 Å². The maximum atomic E-state index is 9.48. The fourth-order valence-electron chi connectivity index (χ4n) is 2.71. The van der Waals surface area contributed by atoms with Crippen molar-refractivity contribution in [1.82, 2.24) is 4.90 Å². The van der Waals surface area contributed by atoms with Crippen molar-refractivity contribution in [2.75, 3.05) is 24.6 Å². The summed E-state index contributed by atoms with van der Waals surface area (Å²) < 4.78 is 0. The van der Waals surface area contributed by atoms with E-state index in [9.17, 15) is 5.26 Å². The molecule has 2 aliphatic heterocycles. The van der Waals surface area contributed by atoms with Crippen LogP contribution >= 0.6 is 11.8 Å². The van der Waals surface area contributed by atoms with E-state index < -0.39 is 0 Å². The summed E-state index contributed by atoms with van der Waals surface area (Å²) >= 11 is 2.00. The Balaban J connectivity index is 2.06. The minimum atomic E-state index is -0.102. The van der Waals surface area contributed by atoms with E-state index in [0.717, 1.165) is 25.9 Å². The molecule has 0 aromatic heterocycles. The summed E-state index contributed by atoms with van der Waals surface area (Å²) in [7, 11) is 0. The monoisotopic (exact) mass is 224 g/mol. The van der Waals surface area contributed by atoms with Crippen molar-refractivity contribution < 1.29 is 0 Å². The maximum absolute atomic E-state index is 9.48. The Labute approximate surface area is 97.0 Å². The Morgan fingerprint density at radius 1 is 1.00 bits per heavy atom. The molecule has 0 spiro atoms. The van der Waals surface area contributed by atoms with Crippen LogP contribution in [0.15, 0.2) is 0 Å². The summed E-state index contributed by atoms with van der Waals surface area (Å²) in [6.07, 6.45) is 7.44. The van der Waals surface area contributed by atoms with Gasteiger partial charge in [-0.05, 0) is 50.3 Å². The molecule has 15 heavy (non-hydrogen) atoms. The number of rotatable bonds is 1. The average molecular weight is 224 g/mol. The van der Waals surface area contributed by atoms with Crippen LogP contribution in [0.1, 0.15) is 38.5 Å². The van der Waals surface area contributed by atoms with Gasteiger partial charge < -0.3 is 0 Å². The molecule has 0 atom stereocenters. The normalized spacial score (nSPS) is 27.9. The molecule has 84 valence electrons. The first-order valence-electron chi connectivity index (χ1n) is 6.11. The van der Waals surface area contributed by atoms with E-state index in [0.29, 0.717) is 0 Å². The summed E-state index contributed by atoms with van der Waals surface area (Å²) in [6, 6.07) is 2.63. The first-order valence-corrected chi connectivity index (χ1v) is 7.27. The third kappa shape index (κ3) is 2.49. The molecule has 0 bridgehead atoms. The average Bonchev–Trinajstić information content (AvgIpc) is 2.59. The predicted molar refractivity (Wildman–Crippen MR) is 64.9 cm³/mol.